The van der Waals surface area contributed by atoms with Crippen molar-refractivity contribution in [3.63, 3.8) is 0 Å². The molecule has 1 aliphatic heterocycles. The van der Waals surface area contributed by atoms with Gasteiger partial charge in [-0.25, -0.2) is 4.98 Å². The van der Waals surface area contributed by atoms with Crippen LogP contribution in [0.4, 0.5) is 0 Å². The Kier molecular flexibility index (Phi) is 4.57. The van der Waals surface area contributed by atoms with E-state index in [0.717, 1.165) is 41.8 Å². The minimum atomic E-state index is 0.121. The van der Waals surface area contributed by atoms with Crippen LogP contribution < -0.4 is 0 Å². The van der Waals surface area contributed by atoms with Crippen LogP contribution in [0.3, 0.4) is 0 Å². The van der Waals surface area contributed by atoms with E-state index in [1.54, 1.807) is 11.3 Å². The van der Waals surface area contributed by atoms with E-state index in [1.165, 1.54) is 6.42 Å². The highest BCUT2D eigenvalue weighted by molar-refractivity contribution is 14.1. The van der Waals surface area contributed by atoms with Crippen LogP contribution in [0.15, 0.2) is 5.38 Å². The van der Waals surface area contributed by atoms with Gasteiger partial charge < -0.3 is 4.90 Å². The number of carbonyl (C=O) groups excluding carboxylic acids is 1. The zero-order chi connectivity index (χ0) is 11.4. The molecular weight excluding hydrogens is 335 g/mol. The minimum Gasteiger partial charge on any atom is -0.337 e. The molecule has 0 N–H and O–H groups in total. The molecule has 0 saturated carbocycles. The molecule has 2 heterocycles. The molecule has 0 aliphatic carbocycles. The molecule has 1 amide bonds. The predicted molar refractivity (Wildman–Crippen MR) is 74.5 cm³/mol. The molecule has 16 heavy (non-hydrogen) atoms. The highest BCUT2D eigenvalue weighted by Crippen LogP contribution is 2.16. The van der Waals surface area contributed by atoms with Gasteiger partial charge >= 0.3 is 0 Å². The highest BCUT2D eigenvalue weighted by atomic mass is 127. The maximum absolute atomic E-state index is 12.1. The van der Waals surface area contributed by atoms with Crippen molar-refractivity contribution >= 4 is 39.8 Å². The number of hydrogen-bond acceptors (Lipinski definition) is 3. The zero-order valence-electron chi connectivity index (χ0n) is 9.12. The Labute approximate surface area is 113 Å². The number of halogens is 1. The molecule has 1 fully saturated rings. The van der Waals surface area contributed by atoms with Crippen LogP contribution in [0.2, 0.25) is 0 Å². The molecule has 0 spiro atoms. The predicted octanol–water partition coefficient (Wildman–Crippen LogP) is 2.75. The molecule has 0 bridgehead atoms. The summed E-state index contributed by atoms with van der Waals surface area (Å²) in [5, 5.41) is 2.98. The van der Waals surface area contributed by atoms with E-state index >= 15 is 0 Å². The second-order valence-corrected chi connectivity index (χ2v) is 5.94. The number of amides is 1. The van der Waals surface area contributed by atoms with E-state index in [2.05, 4.69) is 27.6 Å². The molecular formula is C11H15IN2OS. The van der Waals surface area contributed by atoms with Crippen LogP contribution in [0.5, 0.6) is 0 Å². The third kappa shape index (κ3) is 2.94. The number of nitrogens with zero attached hydrogens (tertiary/aromatic N) is 2. The Morgan fingerprint density at radius 2 is 2.19 bits per heavy atom. The van der Waals surface area contributed by atoms with Crippen LogP contribution in [0.25, 0.3) is 0 Å². The SMILES string of the molecule is O=C(c1csc(CCI)n1)N1CCCCC1. The highest BCUT2D eigenvalue weighted by Gasteiger charge is 2.20. The number of aryl methyl sites for hydroxylation is 1. The van der Waals surface area contributed by atoms with Gasteiger partial charge in [0.15, 0.2) is 0 Å². The van der Waals surface area contributed by atoms with E-state index in [4.69, 9.17) is 0 Å². The van der Waals surface area contributed by atoms with Gasteiger partial charge in [-0.3, -0.25) is 4.79 Å². The van der Waals surface area contributed by atoms with E-state index in [9.17, 15) is 4.79 Å². The lowest BCUT2D eigenvalue weighted by molar-refractivity contribution is 0.0719. The minimum absolute atomic E-state index is 0.121. The molecule has 1 saturated heterocycles. The van der Waals surface area contributed by atoms with Gasteiger partial charge in [-0.2, -0.15) is 0 Å². The van der Waals surface area contributed by atoms with Gasteiger partial charge in [0.25, 0.3) is 5.91 Å². The van der Waals surface area contributed by atoms with Crippen LogP contribution >= 0.6 is 33.9 Å². The van der Waals surface area contributed by atoms with Crippen LogP contribution in [-0.4, -0.2) is 33.3 Å². The average molecular weight is 350 g/mol. The van der Waals surface area contributed by atoms with E-state index in [-0.39, 0.29) is 5.91 Å². The van der Waals surface area contributed by atoms with E-state index in [1.807, 2.05) is 10.3 Å². The number of carbonyl (C=O) groups is 1. The Bertz CT molecular complexity index is 361. The lowest BCUT2D eigenvalue weighted by atomic mass is 10.1. The van der Waals surface area contributed by atoms with E-state index in [0.29, 0.717) is 5.69 Å². The quantitative estimate of drug-likeness (QED) is 0.620. The standard InChI is InChI=1S/C11H15IN2OS/c12-5-4-10-13-9(8-16-10)11(15)14-6-2-1-3-7-14/h8H,1-7H2. The molecule has 2 rings (SSSR count). The van der Waals surface area contributed by atoms with Crippen LogP contribution in [0, 0.1) is 0 Å². The van der Waals surface area contributed by atoms with Crippen molar-refractivity contribution in [1.82, 2.24) is 9.88 Å². The molecule has 1 aromatic rings. The van der Waals surface area contributed by atoms with Crippen molar-refractivity contribution in [2.75, 3.05) is 17.5 Å². The first-order valence-electron chi connectivity index (χ1n) is 5.61. The smallest absolute Gasteiger partial charge is 0.273 e. The second kappa shape index (κ2) is 5.95. The topological polar surface area (TPSA) is 33.2 Å². The largest absolute Gasteiger partial charge is 0.337 e. The van der Waals surface area contributed by atoms with Crippen molar-refractivity contribution < 1.29 is 4.79 Å². The van der Waals surface area contributed by atoms with Gasteiger partial charge in [0.05, 0.1) is 5.01 Å². The summed E-state index contributed by atoms with van der Waals surface area (Å²) in [6.07, 6.45) is 4.49. The molecule has 0 radical (unpaired) electrons. The number of piperidine rings is 1. The fourth-order valence-corrected chi connectivity index (χ4v) is 3.51. The zero-order valence-corrected chi connectivity index (χ0v) is 12.1. The molecule has 0 atom stereocenters. The normalized spacial score (nSPS) is 16.4. The Balaban J connectivity index is 2.01. The van der Waals surface area contributed by atoms with Crippen molar-refractivity contribution in [2.24, 2.45) is 0 Å². The summed E-state index contributed by atoms with van der Waals surface area (Å²) in [5.74, 6) is 0.121. The lowest BCUT2D eigenvalue weighted by Crippen LogP contribution is -2.35. The Morgan fingerprint density at radius 3 is 2.88 bits per heavy atom. The van der Waals surface area contributed by atoms with Crippen LogP contribution in [-0.2, 0) is 6.42 Å². The summed E-state index contributed by atoms with van der Waals surface area (Å²) in [4.78, 5) is 18.4. The van der Waals surface area contributed by atoms with Crippen molar-refractivity contribution in [1.29, 1.82) is 0 Å². The molecule has 5 heteroatoms. The van der Waals surface area contributed by atoms with E-state index < -0.39 is 0 Å². The number of thiazole rings is 1. The average Bonchev–Trinajstić information content (AvgIpc) is 2.78. The summed E-state index contributed by atoms with van der Waals surface area (Å²) in [7, 11) is 0. The maximum Gasteiger partial charge on any atom is 0.273 e. The molecule has 1 aromatic heterocycles. The number of rotatable bonds is 3. The number of likely N-dealkylation sites (tertiary alicyclic amines) is 1. The molecule has 1 aliphatic rings. The second-order valence-electron chi connectivity index (χ2n) is 3.92. The lowest BCUT2D eigenvalue weighted by Gasteiger charge is -2.25. The summed E-state index contributed by atoms with van der Waals surface area (Å²) in [6, 6.07) is 0. The molecule has 0 aromatic carbocycles. The van der Waals surface area contributed by atoms with Gasteiger partial charge in [-0.05, 0) is 19.3 Å². The van der Waals surface area contributed by atoms with Crippen molar-refractivity contribution in [3.05, 3.63) is 16.1 Å². The Morgan fingerprint density at radius 1 is 1.44 bits per heavy atom. The summed E-state index contributed by atoms with van der Waals surface area (Å²) >= 11 is 3.94. The number of aromatic nitrogens is 1. The first-order valence-corrected chi connectivity index (χ1v) is 8.01. The monoisotopic (exact) mass is 350 g/mol. The van der Waals surface area contributed by atoms with Gasteiger partial charge in [-0.15, -0.1) is 11.3 Å². The third-order valence-corrected chi connectivity index (χ3v) is 4.17. The summed E-state index contributed by atoms with van der Waals surface area (Å²) < 4.78 is 1.06. The van der Waals surface area contributed by atoms with Gasteiger partial charge in [0.2, 0.25) is 0 Å². The van der Waals surface area contributed by atoms with Crippen molar-refractivity contribution in [2.45, 2.75) is 25.7 Å². The fraction of sp³-hybridized carbons (Fsp3) is 0.636. The van der Waals surface area contributed by atoms with Crippen LogP contribution in [0.1, 0.15) is 34.8 Å². The Hall–Kier alpha value is -0.170. The number of hydrogen-bond donors (Lipinski definition) is 0. The first-order chi connectivity index (χ1) is 7.81. The van der Waals surface area contributed by atoms with Gasteiger partial charge in [0, 0.05) is 29.3 Å². The summed E-state index contributed by atoms with van der Waals surface area (Å²) in [6.45, 7) is 1.80. The van der Waals surface area contributed by atoms with Gasteiger partial charge in [-0.1, -0.05) is 22.6 Å². The van der Waals surface area contributed by atoms with Crippen molar-refractivity contribution in [3.8, 4) is 0 Å². The molecule has 3 nitrogen and oxygen atoms in total. The summed E-state index contributed by atoms with van der Waals surface area (Å²) in [5.41, 5.74) is 0.645. The molecule has 0 unspecified atom stereocenters. The number of alkyl halides is 1. The maximum atomic E-state index is 12.1. The fourth-order valence-electron chi connectivity index (χ4n) is 1.86. The molecule has 88 valence electrons. The first kappa shape index (κ1) is 12.3. The van der Waals surface area contributed by atoms with Gasteiger partial charge in [0.1, 0.15) is 5.69 Å². The third-order valence-electron chi connectivity index (χ3n) is 2.72.